The first-order valence-corrected chi connectivity index (χ1v) is 7.48. The summed E-state index contributed by atoms with van der Waals surface area (Å²) in [5.41, 5.74) is 4.95. The van der Waals surface area contributed by atoms with Crippen LogP contribution in [0.2, 0.25) is 0 Å². The fourth-order valence-electron chi connectivity index (χ4n) is 1.27. The number of thioether (sulfide) groups is 1. The summed E-state index contributed by atoms with van der Waals surface area (Å²) >= 11 is 2.65. The molecule has 0 radical (unpaired) electrons. The van der Waals surface area contributed by atoms with Gasteiger partial charge in [-0.05, 0) is 12.8 Å². The van der Waals surface area contributed by atoms with Gasteiger partial charge in [-0.1, -0.05) is 36.9 Å². The van der Waals surface area contributed by atoms with Gasteiger partial charge in [0.15, 0.2) is 4.34 Å². The predicted molar refractivity (Wildman–Crippen MR) is 76.3 cm³/mol. The molecule has 1 atom stereocenters. The first-order chi connectivity index (χ1) is 8.93. The predicted octanol–water partition coefficient (Wildman–Crippen LogP) is 1.28. The highest BCUT2D eigenvalue weighted by Crippen LogP contribution is 2.32. The number of amides is 3. The summed E-state index contributed by atoms with van der Waals surface area (Å²) in [6, 6.07) is -0.846. The van der Waals surface area contributed by atoms with Crippen molar-refractivity contribution in [3.63, 3.8) is 0 Å². The van der Waals surface area contributed by atoms with Crippen molar-refractivity contribution in [2.75, 3.05) is 11.9 Å². The second-order valence-corrected chi connectivity index (χ2v) is 6.41. The lowest BCUT2D eigenvalue weighted by Gasteiger charge is -2.16. The molecule has 3 amide bonds. The molecule has 0 aliphatic rings. The summed E-state index contributed by atoms with van der Waals surface area (Å²) in [5, 5.41) is 13.4. The minimum Gasteiger partial charge on any atom is -0.360 e. The van der Waals surface area contributed by atoms with Crippen molar-refractivity contribution in [3.05, 3.63) is 0 Å². The largest absolute Gasteiger partial charge is 0.360 e. The Morgan fingerprint density at radius 1 is 1.42 bits per heavy atom. The number of anilines is 1. The van der Waals surface area contributed by atoms with Crippen molar-refractivity contribution in [1.29, 1.82) is 0 Å². The highest BCUT2D eigenvalue weighted by atomic mass is 32.2. The van der Waals surface area contributed by atoms with Crippen LogP contribution in [0.25, 0.3) is 0 Å². The number of nitrogens with one attached hydrogen (secondary N) is 2. The molecule has 0 fully saturated rings. The molecule has 0 saturated carbocycles. The average Bonchev–Trinajstić information content (AvgIpc) is 2.72. The zero-order chi connectivity index (χ0) is 14.4. The average molecular weight is 303 g/mol. The Bertz CT molecular complexity index is 449. The van der Waals surface area contributed by atoms with Crippen LogP contribution in [0.15, 0.2) is 4.34 Å². The van der Waals surface area contributed by atoms with E-state index in [0.717, 1.165) is 6.54 Å². The molecule has 0 aliphatic carbocycles. The van der Waals surface area contributed by atoms with Crippen LogP contribution in [0.1, 0.15) is 20.8 Å². The number of nitrogens with two attached hydrogens (primary N) is 1. The number of primary amides is 1. The van der Waals surface area contributed by atoms with Gasteiger partial charge in [0.05, 0.1) is 5.25 Å². The Balaban J connectivity index is 2.72. The number of carbonyl (C=O) groups excluding carboxylic acids is 2. The normalized spacial score (nSPS) is 12.2. The fourth-order valence-corrected chi connectivity index (χ4v) is 3.30. The van der Waals surface area contributed by atoms with E-state index in [1.807, 2.05) is 20.8 Å². The molecule has 1 heterocycles. The molecule has 1 unspecified atom stereocenters. The fraction of sp³-hybridized carbons (Fsp3) is 0.600. The third-order valence-corrected chi connectivity index (χ3v) is 4.58. The Morgan fingerprint density at radius 2 is 2.11 bits per heavy atom. The molecule has 0 aromatic carbocycles. The van der Waals surface area contributed by atoms with Gasteiger partial charge in [-0.25, -0.2) is 4.79 Å². The van der Waals surface area contributed by atoms with E-state index >= 15 is 0 Å². The maximum absolute atomic E-state index is 11.8. The third-order valence-electron chi connectivity index (χ3n) is 2.07. The maximum atomic E-state index is 11.8. The standard InChI is InChI=1S/C10H17N5O2S2/c1-4-12-9-14-15-10(19-9)18-6(5(2)3)7(16)13-8(11)17/h5-6H,4H2,1-3H3,(H,12,14)(H3,11,13,16,17). The molecule has 0 aliphatic heterocycles. The van der Waals surface area contributed by atoms with Gasteiger partial charge in [0.1, 0.15) is 0 Å². The minimum atomic E-state index is -0.846. The summed E-state index contributed by atoms with van der Waals surface area (Å²) in [6.07, 6.45) is 0. The number of imide groups is 1. The highest BCUT2D eigenvalue weighted by Gasteiger charge is 2.26. The zero-order valence-corrected chi connectivity index (χ0v) is 12.6. The van der Waals surface area contributed by atoms with Gasteiger partial charge in [-0.15, -0.1) is 10.2 Å². The second kappa shape index (κ2) is 7.29. The van der Waals surface area contributed by atoms with E-state index in [-0.39, 0.29) is 5.92 Å². The van der Waals surface area contributed by atoms with Crippen molar-refractivity contribution < 1.29 is 9.59 Å². The summed E-state index contributed by atoms with van der Waals surface area (Å²) in [6.45, 7) is 6.51. The van der Waals surface area contributed by atoms with Crippen LogP contribution in [0.4, 0.5) is 9.93 Å². The SMILES string of the molecule is CCNc1nnc(SC(C(=O)NC(N)=O)C(C)C)s1. The van der Waals surface area contributed by atoms with E-state index in [2.05, 4.69) is 20.8 Å². The first kappa shape index (κ1) is 15.7. The molecule has 0 bridgehead atoms. The number of nitrogens with zero attached hydrogens (tertiary/aromatic N) is 2. The number of hydrogen-bond acceptors (Lipinski definition) is 7. The van der Waals surface area contributed by atoms with Gasteiger partial charge >= 0.3 is 6.03 Å². The smallest absolute Gasteiger partial charge is 0.318 e. The molecule has 0 saturated heterocycles. The van der Waals surface area contributed by atoms with Crippen LogP contribution in [0, 0.1) is 5.92 Å². The number of aromatic nitrogens is 2. The summed E-state index contributed by atoms with van der Waals surface area (Å²) < 4.78 is 0.675. The van der Waals surface area contributed by atoms with Gasteiger partial charge in [0, 0.05) is 6.54 Å². The first-order valence-electron chi connectivity index (χ1n) is 5.78. The van der Waals surface area contributed by atoms with E-state index < -0.39 is 17.2 Å². The van der Waals surface area contributed by atoms with E-state index in [0.29, 0.717) is 9.47 Å². The Morgan fingerprint density at radius 3 is 2.63 bits per heavy atom. The van der Waals surface area contributed by atoms with Crippen LogP contribution in [0.5, 0.6) is 0 Å². The van der Waals surface area contributed by atoms with Gasteiger partial charge in [0.2, 0.25) is 11.0 Å². The Labute approximate surface area is 119 Å². The number of urea groups is 1. The van der Waals surface area contributed by atoms with Crippen molar-refractivity contribution in [2.45, 2.75) is 30.4 Å². The van der Waals surface area contributed by atoms with Gasteiger partial charge in [-0.3, -0.25) is 10.1 Å². The van der Waals surface area contributed by atoms with Gasteiger partial charge in [0.25, 0.3) is 0 Å². The molecule has 1 aromatic heterocycles. The topological polar surface area (TPSA) is 110 Å². The number of rotatable bonds is 6. The molecule has 1 rings (SSSR count). The third kappa shape index (κ3) is 5.03. The van der Waals surface area contributed by atoms with Gasteiger partial charge in [-0.2, -0.15) is 0 Å². The van der Waals surface area contributed by atoms with Crippen molar-refractivity contribution in [2.24, 2.45) is 11.7 Å². The van der Waals surface area contributed by atoms with E-state index in [4.69, 9.17) is 5.73 Å². The van der Waals surface area contributed by atoms with Gasteiger partial charge < -0.3 is 11.1 Å². The van der Waals surface area contributed by atoms with Crippen LogP contribution in [-0.2, 0) is 4.79 Å². The molecule has 7 nitrogen and oxygen atoms in total. The van der Waals surface area contributed by atoms with Crippen LogP contribution < -0.4 is 16.4 Å². The van der Waals surface area contributed by atoms with Crippen molar-refractivity contribution in [3.8, 4) is 0 Å². The zero-order valence-electron chi connectivity index (χ0n) is 11.0. The highest BCUT2D eigenvalue weighted by molar-refractivity contribution is 8.02. The second-order valence-electron chi connectivity index (χ2n) is 4.04. The monoisotopic (exact) mass is 303 g/mol. The summed E-state index contributed by atoms with van der Waals surface area (Å²) in [7, 11) is 0. The lowest BCUT2D eigenvalue weighted by molar-refractivity contribution is -0.120. The van der Waals surface area contributed by atoms with Crippen LogP contribution in [-0.4, -0.2) is 33.9 Å². The molecule has 4 N–H and O–H groups in total. The molecular formula is C10H17N5O2S2. The molecular weight excluding hydrogens is 286 g/mol. The van der Waals surface area contributed by atoms with E-state index in [9.17, 15) is 9.59 Å². The molecule has 106 valence electrons. The van der Waals surface area contributed by atoms with Crippen LogP contribution in [0.3, 0.4) is 0 Å². The number of hydrogen-bond donors (Lipinski definition) is 3. The van der Waals surface area contributed by atoms with Crippen molar-refractivity contribution >= 4 is 40.2 Å². The lowest BCUT2D eigenvalue weighted by Crippen LogP contribution is -2.42. The quantitative estimate of drug-likeness (QED) is 0.683. The maximum Gasteiger partial charge on any atom is 0.318 e. The lowest BCUT2D eigenvalue weighted by atomic mass is 10.1. The summed E-state index contributed by atoms with van der Waals surface area (Å²) in [4.78, 5) is 22.6. The van der Waals surface area contributed by atoms with E-state index in [1.54, 1.807) is 0 Å². The molecule has 0 spiro atoms. The Kier molecular flexibility index (Phi) is 6.03. The minimum absolute atomic E-state index is 0.0378. The molecule has 1 aromatic rings. The van der Waals surface area contributed by atoms with Crippen molar-refractivity contribution in [1.82, 2.24) is 15.5 Å². The van der Waals surface area contributed by atoms with Crippen LogP contribution >= 0.6 is 23.1 Å². The Hall–Kier alpha value is -1.35. The molecule has 19 heavy (non-hydrogen) atoms. The number of carbonyl (C=O) groups is 2. The summed E-state index contributed by atoms with van der Waals surface area (Å²) in [5.74, 6) is -0.372. The van der Waals surface area contributed by atoms with E-state index in [1.165, 1.54) is 23.1 Å². The molecule has 9 heteroatoms.